The van der Waals surface area contributed by atoms with Crippen LogP contribution in [0.4, 0.5) is 5.95 Å². The lowest BCUT2D eigenvalue weighted by atomic mass is 10.3. The van der Waals surface area contributed by atoms with Gasteiger partial charge in [0.1, 0.15) is 0 Å². The smallest absolute Gasteiger partial charge is 0.302 e. The van der Waals surface area contributed by atoms with Crippen molar-refractivity contribution in [3.63, 3.8) is 0 Å². The molecule has 0 bridgehead atoms. The maximum absolute atomic E-state index is 11.4. The minimum atomic E-state index is -0.442. The van der Waals surface area contributed by atoms with Crippen molar-refractivity contribution < 1.29 is 0 Å². The molecule has 2 heterocycles. The Labute approximate surface area is 79.8 Å². The fraction of sp³-hybridized carbons (Fsp3) is 0.250. The molecule has 0 amide bonds. The molecular formula is C8H9N5O. The Bertz CT molecular complexity index is 518. The molecular weight excluding hydrogens is 182 g/mol. The lowest BCUT2D eigenvalue weighted by Crippen LogP contribution is -2.20. The highest BCUT2D eigenvalue weighted by Crippen LogP contribution is 2.12. The monoisotopic (exact) mass is 191 g/mol. The normalized spacial score (nSPS) is 10.7. The van der Waals surface area contributed by atoms with Crippen molar-refractivity contribution in [1.29, 1.82) is 0 Å². The number of aromatic nitrogens is 4. The Balaban J connectivity index is 2.94. The first kappa shape index (κ1) is 8.61. The van der Waals surface area contributed by atoms with Crippen molar-refractivity contribution in [2.24, 2.45) is 7.05 Å². The van der Waals surface area contributed by atoms with Gasteiger partial charge in [-0.25, -0.2) is 4.98 Å². The Morgan fingerprint density at radius 2 is 2.14 bits per heavy atom. The Kier molecular flexibility index (Phi) is 1.70. The molecule has 0 aromatic carbocycles. The number of rotatable bonds is 0. The molecule has 72 valence electrons. The second kappa shape index (κ2) is 2.76. The first-order valence-electron chi connectivity index (χ1n) is 4.05. The first-order valence-corrected chi connectivity index (χ1v) is 4.05. The number of hydrogen-bond acceptors (Lipinski definition) is 5. The molecule has 0 radical (unpaired) electrons. The molecule has 0 fully saturated rings. The Morgan fingerprint density at radius 3 is 2.86 bits per heavy atom. The summed E-state index contributed by atoms with van der Waals surface area (Å²) in [5, 5.41) is 0. The lowest BCUT2D eigenvalue weighted by molar-refractivity contribution is 0.811. The third-order valence-corrected chi connectivity index (χ3v) is 2.08. The van der Waals surface area contributed by atoms with E-state index in [-0.39, 0.29) is 11.6 Å². The highest BCUT2D eigenvalue weighted by molar-refractivity contribution is 5.51. The van der Waals surface area contributed by atoms with Crippen LogP contribution in [0.15, 0.2) is 11.0 Å². The van der Waals surface area contributed by atoms with Crippen LogP contribution in [0.1, 0.15) is 5.69 Å². The summed E-state index contributed by atoms with van der Waals surface area (Å²) in [5.41, 5.74) is 6.08. The van der Waals surface area contributed by atoms with Crippen LogP contribution in [0.2, 0.25) is 0 Å². The molecule has 0 aliphatic carbocycles. The third-order valence-electron chi connectivity index (χ3n) is 2.08. The molecule has 0 unspecified atom stereocenters. The van der Waals surface area contributed by atoms with Crippen molar-refractivity contribution in [3.05, 3.63) is 22.2 Å². The van der Waals surface area contributed by atoms with E-state index in [9.17, 15) is 4.79 Å². The standard InChI is InChI=1S/C8H9N5O/c1-4-3-10-5-6(13(4)2)11-8(9)12-7(5)14/h3H,1-2H3,(H2,9,12,14). The molecule has 0 atom stereocenters. The molecule has 2 aliphatic heterocycles. The van der Waals surface area contributed by atoms with E-state index < -0.39 is 5.56 Å². The number of anilines is 1. The van der Waals surface area contributed by atoms with Gasteiger partial charge in [-0.3, -0.25) is 4.79 Å². The minimum Gasteiger partial charge on any atom is -0.368 e. The van der Waals surface area contributed by atoms with Gasteiger partial charge >= 0.3 is 5.56 Å². The first-order chi connectivity index (χ1) is 6.59. The minimum absolute atomic E-state index is 0.0227. The molecule has 6 nitrogen and oxygen atoms in total. The fourth-order valence-corrected chi connectivity index (χ4v) is 1.20. The summed E-state index contributed by atoms with van der Waals surface area (Å²) in [6, 6.07) is 0. The van der Waals surface area contributed by atoms with Gasteiger partial charge < -0.3 is 10.3 Å². The number of aryl methyl sites for hydroxylation is 1. The average Bonchev–Trinajstić information content (AvgIpc) is 2.12. The largest absolute Gasteiger partial charge is 0.368 e. The van der Waals surface area contributed by atoms with Crippen molar-refractivity contribution in [2.75, 3.05) is 5.73 Å². The SMILES string of the molecule is Cc1cnc2c(=O)nc(N)nc-2n1C. The van der Waals surface area contributed by atoms with Gasteiger partial charge in [0.2, 0.25) is 5.95 Å². The molecule has 6 heteroatoms. The molecule has 0 aromatic rings. The van der Waals surface area contributed by atoms with Gasteiger partial charge in [-0.1, -0.05) is 0 Å². The van der Waals surface area contributed by atoms with Crippen LogP contribution in [-0.4, -0.2) is 19.5 Å². The zero-order chi connectivity index (χ0) is 10.3. The van der Waals surface area contributed by atoms with E-state index in [4.69, 9.17) is 5.73 Å². The van der Waals surface area contributed by atoms with Crippen LogP contribution in [-0.2, 0) is 7.05 Å². The Hall–Kier alpha value is -1.98. The van der Waals surface area contributed by atoms with Gasteiger partial charge in [-0.05, 0) is 6.92 Å². The van der Waals surface area contributed by atoms with E-state index in [1.165, 1.54) is 0 Å². The molecule has 2 aliphatic rings. The van der Waals surface area contributed by atoms with Crippen LogP contribution in [0.25, 0.3) is 11.5 Å². The number of nitrogen functional groups attached to an aromatic ring is 1. The number of nitrogens with zero attached hydrogens (tertiary/aromatic N) is 4. The highest BCUT2D eigenvalue weighted by atomic mass is 16.1. The summed E-state index contributed by atoms with van der Waals surface area (Å²) in [6.45, 7) is 1.87. The molecule has 2 N–H and O–H groups in total. The number of nitrogens with two attached hydrogens (primary N) is 1. The van der Waals surface area contributed by atoms with Gasteiger partial charge in [0.05, 0.1) is 0 Å². The molecule has 14 heavy (non-hydrogen) atoms. The summed E-state index contributed by atoms with van der Waals surface area (Å²) in [4.78, 5) is 22.8. The van der Waals surface area contributed by atoms with Crippen molar-refractivity contribution in [3.8, 4) is 11.5 Å². The zero-order valence-corrected chi connectivity index (χ0v) is 7.85. The van der Waals surface area contributed by atoms with E-state index in [1.54, 1.807) is 17.8 Å². The zero-order valence-electron chi connectivity index (χ0n) is 7.85. The second-order valence-corrected chi connectivity index (χ2v) is 3.02. The summed E-state index contributed by atoms with van der Waals surface area (Å²) >= 11 is 0. The lowest BCUT2D eigenvalue weighted by Gasteiger charge is -2.10. The summed E-state index contributed by atoms with van der Waals surface area (Å²) in [6.07, 6.45) is 1.60. The topological polar surface area (TPSA) is 86.7 Å². The summed E-state index contributed by atoms with van der Waals surface area (Å²) in [5.74, 6) is 0.438. The Morgan fingerprint density at radius 1 is 1.43 bits per heavy atom. The predicted molar refractivity (Wildman–Crippen MR) is 50.8 cm³/mol. The molecule has 2 rings (SSSR count). The predicted octanol–water partition coefficient (Wildman–Crippen LogP) is -0.434. The van der Waals surface area contributed by atoms with Crippen LogP contribution in [0.3, 0.4) is 0 Å². The molecule has 0 saturated heterocycles. The van der Waals surface area contributed by atoms with E-state index in [2.05, 4.69) is 15.0 Å². The van der Waals surface area contributed by atoms with Crippen LogP contribution < -0.4 is 11.3 Å². The molecule has 0 saturated carbocycles. The quantitative estimate of drug-likeness (QED) is 0.610. The maximum Gasteiger partial charge on any atom is 0.302 e. The maximum atomic E-state index is 11.4. The highest BCUT2D eigenvalue weighted by Gasteiger charge is 2.14. The van der Waals surface area contributed by atoms with Gasteiger partial charge in [0.25, 0.3) is 0 Å². The number of hydrogen-bond donors (Lipinski definition) is 1. The summed E-state index contributed by atoms with van der Waals surface area (Å²) < 4.78 is 1.75. The van der Waals surface area contributed by atoms with Gasteiger partial charge in [0, 0.05) is 18.9 Å². The van der Waals surface area contributed by atoms with Crippen molar-refractivity contribution in [1.82, 2.24) is 19.5 Å². The van der Waals surface area contributed by atoms with E-state index in [0.29, 0.717) is 5.82 Å². The van der Waals surface area contributed by atoms with E-state index in [1.807, 2.05) is 6.92 Å². The van der Waals surface area contributed by atoms with Gasteiger partial charge in [-0.15, -0.1) is 0 Å². The second-order valence-electron chi connectivity index (χ2n) is 3.02. The van der Waals surface area contributed by atoms with E-state index >= 15 is 0 Å². The van der Waals surface area contributed by atoms with Crippen molar-refractivity contribution >= 4 is 5.95 Å². The van der Waals surface area contributed by atoms with Crippen molar-refractivity contribution in [2.45, 2.75) is 6.92 Å². The van der Waals surface area contributed by atoms with Crippen LogP contribution >= 0.6 is 0 Å². The van der Waals surface area contributed by atoms with E-state index in [0.717, 1.165) is 5.69 Å². The summed E-state index contributed by atoms with van der Waals surface area (Å²) in [7, 11) is 1.80. The van der Waals surface area contributed by atoms with Crippen LogP contribution in [0.5, 0.6) is 0 Å². The fourth-order valence-electron chi connectivity index (χ4n) is 1.20. The van der Waals surface area contributed by atoms with Crippen LogP contribution in [0, 0.1) is 6.92 Å². The number of fused-ring (bicyclic) bond motifs is 1. The average molecular weight is 191 g/mol. The van der Waals surface area contributed by atoms with Gasteiger partial charge in [-0.2, -0.15) is 9.97 Å². The molecule has 0 aromatic heterocycles. The molecule has 0 spiro atoms. The van der Waals surface area contributed by atoms with Gasteiger partial charge in [0.15, 0.2) is 11.5 Å². The third kappa shape index (κ3) is 1.12.